The first kappa shape index (κ1) is 10.1. The van der Waals surface area contributed by atoms with Gasteiger partial charge in [0, 0.05) is 16.0 Å². The summed E-state index contributed by atoms with van der Waals surface area (Å²) < 4.78 is 23.3. The lowest BCUT2D eigenvalue weighted by Gasteiger charge is -1.97. The Morgan fingerprint density at radius 2 is 2.14 bits per heavy atom. The fourth-order valence-corrected chi connectivity index (χ4v) is 3.85. The molecule has 1 aromatic rings. The number of hydrogen-bond donors (Lipinski definition) is 0. The molecule has 1 aliphatic heterocycles. The Labute approximate surface area is 94.2 Å². The zero-order chi connectivity index (χ0) is 10.3. The Morgan fingerprint density at radius 1 is 1.43 bits per heavy atom. The van der Waals surface area contributed by atoms with Gasteiger partial charge in [-0.3, -0.25) is 0 Å². The topological polar surface area (TPSA) is 46.5 Å². The van der Waals surface area contributed by atoms with Gasteiger partial charge < -0.3 is 0 Å². The van der Waals surface area contributed by atoms with E-state index in [1.807, 2.05) is 13.0 Å². The summed E-state index contributed by atoms with van der Waals surface area (Å²) in [6.07, 6.45) is 1.38. The van der Waals surface area contributed by atoms with Gasteiger partial charge in [-0.25, -0.2) is 13.4 Å². The van der Waals surface area contributed by atoms with E-state index in [0.717, 1.165) is 9.75 Å². The fraction of sp³-hybridized carbons (Fsp3) is 0.125. The average Bonchev–Trinajstić information content (AvgIpc) is 2.60. The minimum atomic E-state index is -3.37. The van der Waals surface area contributed by atoms with Crippen molar-refractivity contribution in [2.45, 2.75) is 6.92 Å². The van der Waals surface area contributed by atoms with E-state index in [1.165, 1.54) is 17.5 Å². The number of aryl methyl sites for hydroxylation is 1. The normalized spacial score (nSPS) is 19.3. The van der Waals surface area contributed by atoms with Crippen LogP contribution in [-0.4, -0.2) is 12.4 Å². The van der Waals surface area contributed by atoms with Crippen molar-refractivity contribution >= 4 is 46.0 Å². The molecule has 0 saturated heterocycles. The maximum absolute atomic E-state index is 11.7. The molecule has 0 amide bonds. The molecule has 0 aromatic carbocycles. The number of sulfone groups is 1. The van der Waals surface area contributed by atoms with Crippen molar-refractivity contribution in [1.82, 2.24) is 0 Å². The number of aliphatic imine (C=N–C) groups is 1. The van der Waals surface area contributed by atoms with Crippen LogP contribution in [0, 0.1) is 6.92 Å². The quantitative estimate of drug-likeness (QED) is 0.798. The zero-order valence-electron chi connectivity index (χ0n) is 7.19. The first-order chi connectivity index (χ1) is 6.51. The first-order valence-corrected chi connectivity index (χ1v) is 6.86. The SMILES string of the molecule is Cc1ccc(C2=CN=C(Br)S2(=O)=O)s1. The van der Waals surface area contributed by atoms with E-state index in [1.54, 1.807) is 6.07 Å². The standard InChI is InChI=1S/C8H6BrNO2S2/c1-5-2-3-6(13-5)7-4-10-8(9)14(7,11)12/h2-4H,1H3. The highest BCUT2D eigenvalue weighted by Gasteiger charge is 2.29. The third kappa shape index (κ3) is 1.47. The summed E-state index contributed by atoms with van der Waals surface area (Å²) in [5.74, 6) is 0. The zero-order valence-corrected chi connectivity index (χ0v) is 10.4. The van der Waals surface area contributed by atoms with Crippen LogP contribution < -0.4 is 0 Å². The lowest BCUT2D eigenvalue weighted by molar-refractivity contribution is 0.617. The van der Waals surface area contributed by atoms with Gasteiger partial charge in [0.1, 0.15) is 4.91 Å². The van der Waals surface area contributed by atoms with E-state index in [-0.39, 0.29) is 8.86 Å². The predicted octanol–water partition coefficient (Wildman–Crippen LogP) is 2.53. The molecule has 2 rings (SSSR count). The van der Waals surface area contributed by atoms with Crippen molar-refractivity contribution < 1.29 is 8.42 Å². The van der Waals surface area contributed by atoms with Crippen molar-refractivity contribution in [3.63, 3.8) is 0 Å². The summed E-state index contributed by atoms with van der Waals surface area (Å²) in [5.41, 5.74) is 0. The molecule has 0 aliphatic carbocycles. The first-order valence-electron chi connectivity index (χ1n) is 3.77. The number of nitrogens with zero attached hydrogens (tertiary/aromatic N) is 1. The van der Waals surface area contributed by atoms with Crippen LogP contribution in [0.15, 0.2) is 23.3 Å². The smallest absolute Gasteiger partial charge is 0.233 e. The molecule has 74 valence electrons. The Balaban J connectivity index is 2.51. The Kier molecular flexibility index (Phi) is 2.36. The van der Waals surface area contributed by atoms with E-state index >= 15 is 0 Å². The van der Waals surface area contributed by atoms with Crippen LogP contribution in [0.4, 0.5) is 0 Å². The summed E-state index contributed by atoms with van der Waals surface area (Å²) in [5, 5.41) is 0. The van der Waals surface area contributed by atoms with Crippen LogP contribution in [0.1, 0.15) is 9.75 Å². The maximum atomic E-state index is 11.7. The molecule has 1 aromatic heterocycles. The van der Waals surface area contributed by atoms with Gasteiger partial charge in [-0.1, -0.05) is 0 Å². The molecular weight excluding hydrogens is 286 g/mol. The van der Waals surface area contributed by atoms with Gasteiger partial charge in [-0.05, 0) is 35.0 Å². The van der Waals surface area contributed by atoms with E-state index in [0.29, 0.717) is 0 Å². The molecule has 14 heavy (non-hydrogen) atoms. The highest BCUT2D eigenvalue weighted by Crippen LogP contribution is 2.33. The number of halogens is 1. The predicted molar refractivity (Wildman–Crippen MR) is 62.3 cm³/mol. The lowest BCUT2D eigenvalue weighted by atomic mass is 10.4. The second-order valence-electron chi connectivity index (χ2n) is 2.79. The van der Waals surface area contributed by atoms with E-state index in [2.05, 4.69) is 20.9 Å². The van der Waals surface area contributed by atoms with Crippen molar-refractivity contribution in [2.75, 3.05) is 0 Å². The Hall–Kier alpha value is -0.460. The van der Waals surface area contributed by atoms with Gasteiger partial charge in [0.2, 0.25) is 13.8 Å². The minimum Gasteiger partial charge on any atom is -0.236 e. The summed E-state index contributed by atoms with van der Waals surface area (Å²) >= 11 is 4.37. The molecule has 0 atom stereocenters. The molecular formula is C8H6BrNO2S2. The number of thiophene rings is 1. The summed E-state index contributed by atoms with van der Waals surface area (Å²) in [4.78, 5) is 5.85. The number of hydrogen-bond acceptors (Lipinski definition) is 4. The second kappa shape index (κ2) is 3.29. The van der Waals surface area contributed by atoms with Crippen molar-refractivity contribution in [3.8, 4) is 0 Å². The molecule has 0 saturated carbocycles. The molecule has 1 aliphatic rings. The monoisotopic (exact) mass is 291 g/mol. The van der Waals surface area contributed by atoms with Crippen LogP contribution in [-0.2, 0) is 9.84 Å². The van der Waals surface area contributed by atoms with Crippen molar-refractivity contribution in [1.29, 1.82) is 0 Å². The van der Waals surface area contributed by atoms with Crippen molar-refractivity contribution in [3.05, 3.63) is 28.1 Å². The van der Waals surface area contributed by atoms with Crippen LogP contribution >= 0.6 is 27.3 Å². The largest absolute Gasteiger partial charge is 0.236 e. The molecule has 0 spiro atoms. The van der Waals surface area contributed by atoms with Gasteiger partial charge >= 0.3 is 0 Å². The van der Waals surface area contributed by atoms with Crippen LogP contribution in [0.2, 0.25) is 0 Å². The molecule has 0 bridgehead atoms. The summed E-state index contributed by atoms with van der Waals surface area (Å²) in [7, 11) is -3.37. The second-order valence-corrected chi connectivity index (χ2v) is 7.19. The van der Waals surface area contributed by atoms with E-state index in [9.17, 15) is 8.42 Å². The van der Waals surface area contributed by atoms with Crippen molar-refractivity contribution in [2.24, 2.45) is 4.99 Å². The summed E-state index contributed by atoms with van der Waals surface area (Å²) in [6.45, 7) is 1.94. The van der Waals surface area contributed by atoms with Crippen LogP contribution in [0.3, 0.4) is 0 Å². The Morgan fingerprint density at radius 3 is 2.57 bits per heavy atom. The molecule has 0 N–H and O–H groups in total. The maximum Gasteiger partial charge on any atom is 0.233 e. The molecule has 0 unspecified atom stereocenters. The number of rotatable bonds is 1. The fourth-order valence-electron chi connectivity index (χ4n) is 1.10. The van der Waals surface area contributed by atoms with Gasteiger partial charge in [0.25, 0.3) is 0 Å². The van der Waals surface area contributed by atoms with E-state index in [4.69, 9.17) is 0 Å². The van der Waals surface area contributed by atoms with Crippen LogP contribution in [0.25, 0.3) is 4.91 Å². The summed E-state index contributed by atoms with van der Waals surface area (Å²) in [6, 6.07) is 3.69. The highest BCUT2D eigenvalue weighted by molar-refractivity contribution is 9.22. The minimum absolute atomic E-state index is 0.00828. The Bertz CT molecular complexity index is 539. The molecule has 6 heteroatoms. The van der Waals surface area contributed by atoms with E-state index < -0.39 is 9.84 Å². The van der Waals surface area contributed by atoms with Gasteiger partial charge in [-0.15, -0.1) is 11.3 Å². The third-order valence-electron chi connectivity index (χ3n) is 1.78. The van der Waals surface area contributed by atoms with Crippen LogP contribution in [0.5, 0.6) is 0 Å². The van der Waals surface area contributed by atoms with Gasteiger partial charge in [-0.2, -0.15) is 0 Å². The highest BCUT2D eigenvalue weighted by atomic mass is 79.9. The molecule has 3 nitrogen and oxygen atoms in total. The molecule has 0 radical (unpaired) electrons. The molecule has 0 fully saturated rings. The lowest BCUT2D eigenvalue weighted by Crippen LogP contribution is -2.04. The third-order valence-corrected chi connectivity index (χ3v) is 5.88. The average molecular weight is 292 g/mol. The van der Waals surface area contributed by atoms with Gasteiger partial charge in [0.15, 0.2) is 0 Å². The van der Waals surface area contributed by atoms with Gasteiger partial charge in [0.05, 0.1) is 0 Å². The molecule has 2 heterocycles.